The van der Waals surface area contributed by atoms with E-state index in [0.717, 1.165) is 90.2 Å². The normalized spacial score (nSPS) is 26.2. The van der Waals surface area contributed by atoms with Gasteiger partial charge in [-0.2, -0.15) is 0 Å². The minimum Gasteiger partial charge on any atom is -0.457 e. The first-order valence-electron chi connectivity index (χ1n) is 23.8. The molecule has 4 nitrogen and oxygen atoms in total. The molecular formula is C62H43N3O. The number of ether oxygens (including phenoxy) is 1. The van der Waals surface area contributed by atoms with E-state index in [4.69, 9.17) is 19.7 Å². The summed E-state index contributed by atoms with van der Waals surface area (Å²) in [6.45, 7) is 0. The molecule has 66 heavy (non-hydrogen) atoms. The Bertz CT molecular complexity index is 3530. The minimum absolute atomic E-state index is 0.397. The van der Waals surface area contributed by atoms with Crippen molar-refractivity contribution >= 4 is 0 Å². The second kappa shape index (κ2) is 12.3. The van der Waals surface area contributed by atoms with Crippen LogP contribution in [-0.2, 0) is 10.8 Å². The number of fused-ring (bicyclic) bond motifs is 9. The Balaban J connectivity index is 0.845. The van der Waals surface area contributed by atoms with E-state index >= 15 is 0 Å². The van der Waals surface area contributed by atoms with Crippen LogP contribution in [0.15, 0.2) is 194 Å². The number of aromatic nitrogens is 3. The Hall–Kier alpha value is -7.43. The predicted molar refractivity (Wildman–Crippen MR) is 260 cm³/mol. The van der Waals surface area contributed by atoms with Crippen molar-refractivity contribution in [3.8, 4) is 79.0 Å². The molecular weight excluding hydrogens is 803 g/mol. The molecule has 5 unspecified atom stereocenters. The molecule has 0 bridgehead atoms. The summed E-state index contributed by atoms with van der Waals surface area (Å²) in [5, 5.41) is 0. The van der Waals surface area contributed by atoms with Crippen LogP contribution in [0.2, 0.25) is 0 Å². The van der Waals surface area contributed by atoms with Gasteiger partial charge in [-0.1, -0.05) is 170 Å². The van der Waals surface area contributed by atoms with Crippen LogP contribution in [-0.4, -0.2) is 15.0 Å². The lowest BCUT2D eigenvalue weighted by atomic mass is 9.40. The molecule has 4 heteroatoms. The van der Waals surface area contributed by atoms with Gasteiger partial charge in [0.2, 0.25) is 0 Å². The van der Waals surface area contributed by atoms with Gasteiger partial charge in [-0.15, -0.1) is 0 Å². The molecule has 0 saturated heterocycles. The molecule has 1 aliphatic heterocycles. The molecule has 1 aromatic heterocycles. The van der Waals surface area contributed by atoms with Gasteiger partial charge in [0.25, 0.3) is 0 Å². The topological polar surface area (TPSA) is 47.9 Å². The summed E-state index contributed by atoms with van der Waals surface area (Å²) in [6.07, 6.45) is 5.80. The fraction of sp³-hybridized carbons (Fsp3) is 0.177. The van der Waals surface area contributed by atoms with Crippen molar-refractivity contribution in [3.05, 3.63) is 222 Å². The van der Waals surface area contributed by atoms with E-state index in [0.29, 0.717) is 22.9 Å². The molecule has 8 aromatic carbocycles. The van der Waals surface area contributed by atoms with E-state index in [2.05, 4.69) is 194 Å². The van der Waals surface area contributed by atoms with Gasteiger partial charge in [-0.25, -0.2) is 15.0 Å². The van der Waals surface area contributed by atoms with Gasteiger partial charge < -0.3 is 4.74 Å². The number of rotatable bonds is 6. The summed E-state index contributed by atoms with van der Waals surface area (Å²) < 4.78 is 6.60. The zero-order chi connectivity index (χ0) is 43.0. The van der Waals surface area contributed by atoms with Crippen molar-refractivity contribution in [2.24, 2.45) is 28.6 Å². The first kappa shape index (κ1) is 35.9. The smallest absolute Gasteiger partial charge is 0.164 e. The van der Waals surface area contributed by atoms with Crippen LogP contribution in [0.4, 0.5) is 0 Å². The van der Waals surface area contributed by atoms with Crippen LogP contribution in [0.5, 0.6) is 11.5 Å². The molecule has 0 radical (unpaired) electrons. The molecule has 0 amide bonds. The molecule has 16 rings (SSSR count). The molecule has 6 aliphatic carbocycles. The Morgan fingerprint density at radius 1 is 0.409 bits per heavy atom. The SMILES string of the molecule is c1ccc(-c2cccc(-c3nc(-c4ccc(C56CC7CC8CC9(C5)C6[C@@]789)cc4)nc(-c4ccccc4-c4ccc5c(c4)-c4ccccc4C54c5ccccc5Oc5ccccc54)n3)c2)cc1. The van der Waals surface area contributed by atoms with E-state index in [1.54, 1.807) is 5.56 Å². The lowest BCUT2D eigenvalue weighted by Crippen LogP contribution is -2.58. The van der Waals surface area contributed by atoms with Crippen LogP contribution in [0.1, 0.15) is 53.5 Å². The summed E-state index contributed by atoms with van der Waals surface area (Å²) in [6, 6.07) is 70.3. The van der Waals surface area contributed by atoms with Crippen molar-refractivity contribution in [2.75, 3.05) is 0 Å². The third-order valence-corrected chi connectivity index (χ3v) is 18.0. The molecule has 9 aromatic rings. The summed E-state index contributed by atoms with van der Waals surface area (Å²) in [4.78, 5) is 16.0. The molecule has 5 fully saturated rings. The molecule has 312 valence electrons. The monoisotopic (exact) mass is 845 g/mol. The second-order valence-electron chi connectivity index (χ2n) is 20.4. The lowest BCUT2D eigenvalue weighted by molar-refractivity contribution is -0.135. The van der Waals surface area contributed by atoms with Crippen molar-refractivity contribution in [1.82, 2.24) is 15.0 Å². The third-order valence-electron chi connectivity index (χ3n) is 18.0. The fourth-order valence-electron chi connectivity index (χ4n) is 15.9. The molecule has 3 spiro atoms. The van der Waals surface area contributed by atoms with Gasteiger partial charge in [0.15, 0.2) is 17.5 Å². The van der Waals surface area contributed by atoms with E-state index in [1.165, 1.54) is 47.9 Å². The number of hydrogen-bond donors (Lipinski definition) is 0. The van der Waals surface area contributed by atoms with Crippen molar-refractivity contribution in [1.29, 1.82) is 0 Å². The standard InChI is InChI=1S/C62H43N3O/c1-2-13-37(14-3-1)39-15-12-16-41(31-39)56-63-55(38-25-28-42(29-26-38)59-34-43-33-44-35-60(36-59)58(59)62(43,44)60)64-57(65-56)47-19-5-4-17-45(47)40-27-30-50-48(32-40)46-18-6-7-20-49(46)61(50)51-21-8-10-23-53(51)66-54-24-11-9-22-52(54)61/h1-32,43-44,58H,33-36H2/t43?,44?,58?,59?,60?,62-/m1/s1. The van der Waals surface area contributed by atoms with Crippen LogP contribution in [0, 0.1) is 28.6 Å². The maximum Gasteiger partial charge on any atom is 0.164 e. The number of para-hydroxylation sites is 2. The predicted octanol–water partition coefficient (Wildman–Crippen LogP) is 14.4. The molecule has 2 heterocycles. The van der Waals surface area contributed by atoms with E-state index in [1.807, 2.05) is 0 Å². The average molecular weight is 846 g/mol. The van der Waals surface area contributed by atoms with E-state index in [9.17, 15) is 0 Å². The molecule has 0 N–H and O–H groups in total. The Labute approximate surface area is 384 Å². The maximum atomic E-state index is 6.60. The average Bonchev–Trinajstić information content (AvgIpc) is 3.56. The quantitative estimate of drug-likeness (QED) is 0.167. The zero-order valence-corrected chi connectivity index (χ0v) is 36.3. The largest absolute Gasteiger partial charge is 0.457 e. The van der Waals surface area contributed by atoms with Crippen molar-refractivity contribution < 1.29 is 4.74 Å². The highest BCUT2D eigenvalue weighted by Crippen LogP contribution is 3.08. The minimum atomic E-state index is -0.519. The summed E-state index contributed by atoms with van der Waals surface area (Å²) in [5.74, 6) is 6.77. The lowest BCUT2D eigenvalue weighted by Gasteiger charge is -2.64. The summed E-state index contributed by atoms with van der Waals surface area (Å²) in [5.41, 5.74) is 17.7. The van der Waals surface area contributed by atoms with E-state index < -0.39 is 5.41 Å². The van der Waals surface area contributed by atoms with Gasteiger partial charge >= 0.3 is 0 Å². The molecule has 7 aliphatic rings. The first-order chi connectivity index (χ1) is 32.6. The first-order valence-corrected chi connectivity index (χ1v) is 23.8. The summed E-state index contributed by atoms with van der Waals surface area (Å²) >= 11 is 0. The Morgan fingerprint density at radius 2 is 1.00 bits per heavy atom. The van der Waals surface area contributed by atoms with Crippen LogP contribution >= 0.6 is 0 Å². The Morgan fingerprint density at radius 3 is 1.74 bits per heavy atom. The van der Waals surface area contributed by atoms with Gasteiger partial charge in [-0.3, -0.25) is 0 Å². The molecule has 5 saturated carbocycles. The third kappa shape index (κ3) is 4.17. The van der Waals surface area contributed by atoms with Gasteiger partial charge in [0.05, 0.1) is 5.41 Å². The zero-order valence-electron chi connectivity index (χ0n) is 36.3. The summed E-state index contributed by atoms with van der Waals surface area (Å²) in [7, 11) is 0. The van der Waals surface area contributed by atoms with Crippen LogP contribution in [0.25, 0.3) is 67.5 Å². The van der Waals surface area contributed by atoms with Gasteiger partial charge in [-0.05, 0) is 129 Å². The number of nitrogens with zero attached hydrogens (tertiary/aromatic N) is 3. The number of hydrogen-bond acceptors (Lipinski definition) is 4. The van der Waals surface area contributed by atoms with Crippen LogP contribution < -0.4 is 4.74 Å². The van der Waals surface area contributed by atoms with E-state index in [-0.39, 0.29) is 0 Å². The van der Waals surface area contributed by atoms with Gasteiger partial charge in [0.1, 0.15) is 11.5 Å². The highest BCUT2D eigenvalue weighted by Gasteiger charge is 3.04. The van der Waals surface area contributed by atoms with Crippen LogP contribution in [0.3, 0.4) is 0 Å². The number of benzene rings is 8. The Kier molecular flexibility index (Phi) is 6.66. The van der Waals surface area contributed by atoms with Crippen molar-refractivity contribution in [3.63, 3.8) is 0 Å². The fourth-order valence-corrected chi connectivity index (χ4v) is 15.9. The van der Waals surface area contributed by atoms with Crippen molar-refractivity contribution in [2.45, 2.75) is 36.5 Å². The molecule has 6 atom stereocenters. The maximum absolute atomic E-state index is 6.60. The highest BCUT2D eigenvalue weighted by molar-refractivity contribution is 5.92. The van der Waals surface area contributed by atoms with Gasteiger partial charge in [0, 0.05) is 33.2 Å². The highest BCUT2D eigenvalue weighted by atomic mass is 16.5. The second-order valence-corrected chi connectivity index (χ2v) is 20.4.